The molecule has 1 aliphatic carbocycles. The number of carbonyl (C=O) groups excluding carboxylic acids is 1. The first-order valence-electron chi connectivity index (χ1n) is 5.45. The number of amides is 1. The first kappa shape index (κ1) is 13.4. The normalized spacial score (nSPS) is 15.4. The summed E-state index contributed by atoms with van der Waals surface area (Å²) in [7, 11) is -3.64. The van der Waals surface area contributed by atoms with E-state index in [0.29, 0.717) is 10.2 Å². The van der Waals surface area contributed by atoms with Gasteiger partial charge in [0.15, 0.2) is 9.84 Å². The number of nitrogen functional groups attached to an aromatic ring is 1. The van der Waals surface area contributed by atoms with Crippen LogP contribution < -0.4 is 11.1 Å². The average molecular weight is 333 g/mol. The quantitative estimate of drug-likeness (QED) is 0.807. The standard InChI is InChI=1S/C11H13BrN2O3S/c12-9-5-7(13)1-4-10(9)18(16,17)6-11(15)14-8-2-3-8/h1,4-5,8H,2-3,6,13H2,(H,14,15). The fourth-order valence-electron chi connectivity index (χ4n) is 1.52. The zero-order valence-electron chi connectivity index (χ0n) is 9.52. The number of carbonyl (C=O) groups is 1. The van der Waals surface area contributed by atoms with E-state index in [1.165, 1.54) is 18.2 Å². The third kappa shape index (κ3) is 3.23. The van der Waals surface area contributed by atoms with Crippen LogP contribution in [0.2, 0.25) is 0 Å². The lowest BCUT2D eigenvalue weighted by Crippen LogP contribution is -2.31. The summed E-state index contributed by atoms with van der Waals surface area (Å²) in [5.74, 6) is -0.993. The van der Waals surface area contributed by atoms with Gasteiger partial charge >= 0.3 is 0 Å². The Labute approximate surface area is 114 Å². The minimum atomic E-state index is -3.64. The maximum Gasteiger partial charge on any atom is 0.235 e. The van der Waals surface area contributed by atoms with Crippen molar-refractivity contribution in [2.24, 2.45) is 0 Å². The molecular formula is C11H13BrN2O3S. The van der Waals surface area contributed by atoms with Crippen molar-refractivity contribution in [3.8, 4) is 0 Å². The van der Waals surface area contributed by atoms with Gasteiger partial charge in [-0.05, 0) is 47.0 Å². The van der Waals surface area contributed by atoms with E-state index in [9.17, 15) is 13.2 Å². The van der Waals surface area contributed by atoms with Gasteiger partial charge in [-0.15, -0.1) is 0 Å². The number of halogens is 1. The molecular weight excluding hydrogens is 320 g/mol. The van der Waals surface area contributed by atoms with E-state index in [1.54, 1.807) is 0 Å². The van der Waals surface area contributed by atoms with E-state index in [4.69, 9.17) is 5.73 Å². The van der Waals surface area contributed by atoms with Crippen LogP contribution in [0.15, 0.2) is 27.6 Å². The number of sulfone groups is 1. The number of benzene rings is 1. The second-order valence-electron chi connectivity index (χ2n) is 4.29. The molecule has 0 saturated heterocycles. The molecule has 0 heterocycles. The monoisotopic (exact) mass is 332 g/mol. The Balaban J connectivity index is 2.16. The lowest BCUT2D eigenvalue weighted by Gasteiger charge is -2.07. The summed E-state index contributed by atoms with van der Waals surface area (Å²) in [6.45, 7) is 0. The Morgan fingerprint density at radius 3 is 2.67 bits per heavy atom. The second kappa shape index (κ2) is 4.89. The zero-order chi connectivity index (χ0) is 13.3. The predicted octanol–water partition coefficient (Wildman–Crippen LogP) is 1.08. The van der Waals surface area contributed by atoms with Crippen molar-refractivity contribution in [1.82, 2.24) is 5.32 Å². The van der Waals surface area contributed by atoms with Gasteiger partial charge in [0.2, 0.25) is 5.91 Å². The summed E-state index contributed by atoms with van der Waals surface area (Å²) in [6, 6.07) is 4.56. The molecule has 1 aliphatic rings. The van der Waals surface area contributed by atoms with Crippen molar-refractivity contribution in [3.05, 3.63) is 22.7 Å². The van der Waals surface area contributed by atoms with Gasteiger partial charge in [-0.25, -0.2) is 8.42 Å². The topological polar surface area (TPSA) is 89.3 Å². The van der Waals surface area contributed by atoms with Crippen LogP contribution in [0.5, 0.6) is 0 Å². The van der Waals surface area contributed by atoms with Crippen molar-refractivity contribution in [2.75, 3.05) is 11.5 Å². The Morgan fingerprint density at radius 1 is 1.44 bits per heavy atom. The van der Waals surface area contributed by atoms with Crippen molar-refractivity contribution in [3.63, 3.8) is 0 Å². The SMILES string of the molecule is Nc1ccc(S(=O)(=O)CC(=O)NC2CC2)c(Br)c1. The highest BCUT2D eigenvalue weighted by molar-refractivity contribution is 9.10. The average Bonchev–Trinajstić information content (AvgIpc) is 2.99. The molecule has 5 nitrogen and oxygen atoms in total. The molecule has 3 N–H and O–H groups in total. The van der Waals surface area contributed by atoms with Crippen LogP contribution in [0, 0.1) is 0 Å². The van der Waals surface area contributed by atoms with Gasteiger partial charge in [0, 0.05) is 16.2 Å². The van der Waals surface area contributed by atoms with E-state index in [0.717, 1.165) is 12.8 Å². The first-order valence-corrected chi connectivity index (χ1v) is 7.90. The van der Waals surface area contributed by atoms with Crippen LogP contribution in [0.4, 0.5) is 5.69 Å². The zero-order valence-corrected chi connectivity index (χ0v) is 11.9. The van der Waals surface area contributed by atoms with Crippen molar-refractivity contribution in [2.45, 2.75) is 23.8 Å². The van der Waals surface area contributed by atoms with E-state index < -0.39 is 21.5 Å². The van der Waals surface area contributed by atoms with Gasteiger partial charge in [-0.2, -0.15) is 0 Å². The lowest BCUT2D eigenvalue weighted by atomic mass is 10.3. The van der Waals surface area contributed by atoms with Gasteiger partial charge < -0.3 is 11.1 Å². The van der Waals surface area contributed by atoms with Crippen LogP contribution >= 0.6 is 15.9 Å². The Morgan fingerprint density at radius 2 is 2.11 bits per heavy atom. The molecule has 7 heteroatoms. The summed E-state index contributed by atoms with van der Waals surface area (Å²) >= 11 is 3.15. The van der Waals surface area contributed by atoms with Crippen LogP contribution in [0.3, 0.4) is 0 Å². The number of nitrogens with one attached hydrogen (secondary N) is 1. The molecule has 1 aromatic carbocycles. The van der Waals surface area contributed by atoms with Crippen molar-refractivity contribution in [1.29, 1.82) is 0 Å². The summed E-state index contributed by atoms with van der Waals surface area (Å²) in [5, 5.41) is 2.65. The fourth-order valence-corrected chi connectivity index (χ4v) is 3.87. The number of rotatable bonds is 4. The largest absolute Gasteiger partial charge is 0.399 e. The Bertz CT molecular complexity index is 582. The molecule has 1 aromatic rings. The Hall–Kier alpha value is -1.08. The minimum Gasteiger partial charge on any atom is -0.399 e. The highest BCUT2D eigenvalue weighted by Gasteiger charge is 2.27. The molecule has 0 unspecified atom stereocenters. The number of anilines is 1. The summed E-state index contributed by atoms with van der Waals surface area (Å²) in [4.78, 5) is 11.6. The third-order valence-corrected chi connectivity index (χ3v) is 5.14. The maximum absolute atomic E-state index is 12.0. The first-order chi connectivity index (χ1) is 8.38. The smallest absolute Gasteiger partial charge is 0.235 e. The Kier molecular flexibility index (Phi) is 3.63. The number of nitrogens with two attached hydrogens (primary N) is 1. The molecule has 1 amide bonds. The predicted molar refractivity (Wildman–Crippen MR) is 71.8 cm³/mol. The lowest BCUT2D eigenvalue weighted by molar-refractivity contribution is -0.118. The molecule has 1 fully saturated rings. The van der Waals surface area contributed by atoms with Crippen molar-refractivity contribution >= 4 is 37.4 Å². The molecule has 0 bridgehead atoms. The van der Waals surface area contributed by atoms with E-state index in [-0.39, 0.29) is 10.9 Å². The third-order valence-electron chi connectivity index (χ3n) is 2.55. The van der Waals surface area contributed by atoms with Gasteiger partial charge in [-0.1, -0.05) is 0 Å². The van der Waals surface area contributed by atoms with Gasteiger partial charge in [0.1, 0.15) is 5.75 Å². The van der Waals surface area contributed by atoms with Crippen LogP contribution in [-0.4, -0.2) is 26.1 Å². The minimum absolute atomic E-state index is 0.0858. The molecule has 18 heavy (non-hydrogen) atoms. The molecule has 0 spiro atoms. The summed E-state index contributed by atoms with van der Waals surface area (Å²) in [5.41, 5.74) is 6.00. The van der Waals surface area contributed by atoms with Crippen molar-refractivity contribution < 1.29 is 13.2 Å². The fraction of sp³-hybridized carbons (Fsp3) is 0.364. The van der Waals surface area contributed by atoms with E-state index >= 15 is 0 Å². The molecule has 0 aliphatic heterocycles. The maximum atomic E-state index is 12.0. The molecule has 1 saturated carbocycles. The number of hydrogen-bond donors (Lipinski definition) is 2. The molecule has 0 aromatic heterocycles. The van der Waals surface area contributed by atoms with E-state index in [1.807, 2.05) is 0 Å². The summed E-state index contributed by atoms with van der Waals surface area (Å²) < 4.78 is 24.5. The highest BCUT2D eigenvalue weighted by Crippen LogP contribution is 2.25. The van der Waals surface area contributed by atoms with Crippen LogP contribution in [0.25, 0.3) is 0 Å². The number of hydrogen-bond acceptors (Lipinski definition) is 4. The van der Waals surface area contributed by atoms with Crippen LogP contribution in [-0.2, 0) is 14.6 Å². The van der Waals surface area contributed by atoms with Gasteiger partial charge in [-0.3, -0.25) is 4.79 Å². The van der Waals surface area contributed by atoms with Crippen LogP contribution in [0.1, 0.15) is 12.8 Å². The molecule has 98 valence electrons. The van der Waals surface area contributed by atoms with Gasteiger partial charge in [0.05, 0.1) is 4.90 Å². The molecule has 2 rings (SSSR count). The summed E-state index contributed by atoms with van der Waals surface area (Å²) in [6.07, 6.45) is 1.86. The second-order valence-corrected chi connectivity index (χ2v) is 7.10. The highest BCUT2D eigenvalue weighted by atomic mass is 79.9. The molecule has 0 atom stereocenters. The van der Waals surface area contributed by atoms with Gasteiger partial charge in [0.25, 0.3) is 0 Å². The molecule has 0 radical (unpaired) electrons. The van der Waals surface area contributed by atoms with E-state index in [2.05, 4.69) is 21.2 Å².